The van der Waals surface area contributed by atoms with Crippen molar-refractivity contribution < 1.29 is 31.9 Å². The van der Waals surface area contributed by atoms with Gasteiger partial charge in [-0.05, 0) is 19.1 Å². The number of benzene rings is 1. The predicted octanol–water partition coefficient (Wildman–Crippen LogP) is 2.99. The number of pyridine rings is 1. The topological polar surface area (TPSA) is 109 Å². The molecule has 8 nitrogen and oxygen atoms in total. The molecule has 0 saturated heterocycles. The minimum absolute atomic E-state index is 0.138. The molecule has 0 aliphatic heterocycles. The number of para-hydroxylation sites is 1. The summed E-state index contributed by atoms with van der Waals surface area (Å²) in [6.07, 6.45) is -2.76. The quantitative estimate of drug-likeness (QED) is 0.468. The zero-order valence-corrected chi connectivity index (χ0v) is 16.0. The van der Waals surface area contributed by atoms with Crippen molar-refractivity contribution in [3.05, 3.63) is 48.3 Å². The number of hydrogen-bond donors (Lipinski definition) is 3. The zero-order chi connectivity index (χ0) is 22.6. The minimum atomic E-state index is -4.30. The molecule has 0 aliphatic rings. The van der Waals surface area contributed by atoms with E-state index >= 15 is 0 Å². The van der Waals surface area contributed by atoms with Crippen LogP contribution in [0.5, 0.6) is 5.88 Å². The standard InChI is InChI=1S/C19H17F4N5O3/c1-10(25-17(30)15-12-4-2-3-5-13(12)27-28-15)16(29)26-11-6-7-14(24-8-11)31-9-19(22,23)18(20)21/h2-8,10,18H,9H2,1H3,(H,25,30)(H,26,29)(H,27,28). The highest BCUT2D eigenvalue weighted by Crippen LogP contribution is 2.24. The second-order valence-corrected chi connectivity index (χ2v) is 6.54. The van der Waals surface area contributed by atoms with E-state index in [1.807, 2.05) is 0 Å². The highest BCUT2D eigenvalue weighted by molar-refractivity contribution is 6.06. The molecule has 1 atom stereocenters. The van der Waals surface area contributed by atoms with Crippen LogP contribution in [-0.4, -0.2) is 52.0 Å². The van der Waals surface area contributed by atoms with Crippen molar-refractivity contribution >= 4 is 28.4 Å². The molecule has 0 fully saturated rings. The van der Waals surface area contributed by atoms with E-state index in [9.17, 15) is 27.2 Å². The summed E-state index contributed by atoms with van der Waals surface area (Å²) in [6.45, 7) is -0.0757. The number of H-pyrrole nitrogens is 1. The van der Waals surface area contributed by atoms with Gasteiger partial charge in [-0.25, -0.2) is 13.8 Å². The van der Waals surface area contributed by atoms with E-state index in [0.717, 1.165) is 12.3 Å². The first kappa shape index (κ1) is 22.0. The van der Waals surface area contributed by atoms with Crippen molar-refractivity contribution in [3.8, 4) is 5.88 Å². The lowest BCUT2D eigenvalue weighted by Crippen LogP contribution is -2.41. The van der Waals surface area contributed by atoms with E-state index in [-0.39, 0.29) is 17.3 Å². The highest BCUT2D eigenvalue weighted by Gasteiger charge is 2.41. The summed E-state index contributed by atoms with van der Waals surface area (Å²) in [5, 5.41) is 12.3. The van der Waals surface area contributed by atoms with Crippen molar-refractivity contribution in [1.82, 2.24) is 20.5 Å². The van der Waals surface area contributed by atoms with E-state index < -0.39 is 36.8 Å². The van der Waals surface area contributed by atoms with E-state index in [4.69, 9.17) is 0 Å². The Morgan fingerprint density at radius 3 is 2.61 bits per heavy atom. The molecule has 12 heteroatoms. The molecular formula is C19H17F4N5O3. The number of nitrogens with one attached hydrogen (secondary N) is 3. The molecular weight excluding hydrogens is 422 g/mol. The molecule has 0 aliphatic carbocycles. The third-order valence-corrected chi connectivity index (χ3v) is 4.16. The Morgan fingerprint density at radius 2 is 1.94 bits per heavy atom. The number of ether oxygens (including phenoxy) is 1. The van der Waals surface area contributed by atoms with Crippen LogP contribution in [-0.2, 0) is 4.79 Å². The van der Waals surface area contributed by atoms with Gasteiger partial charge in [0.15, 0.2) is 12.3 Å². The van der Waals surface area contributed by atoms with Gasteiger partial charge in [0.1, 0.15) is 6.04 Å². The van der Waals surface area contributed by atoms with Crippen LogP contribution in [0.15, 0.2) is 42.6 Å². The number of alkyl halides is 4. The normalized spacial score (nSPS) is 12.6. The van der Waals surface area contributed by atoms with Crippen LogP contribution >= 0.6 is 0 Å². The summed E-state index contributed by atoms with van der Waals surface area (Å²) in [6, 6.07) is 8.48. The molecule has 2 amide bonds. The van der Waals surface area contributed by atoms with Crippen molar-refractivity contribution in [2.24, 2.45) is 0 Å². The highest BCUT2D eigenvalue weighted by atomic mass is 19.3. The second kappa shape index (κ2) is 8.98. The minimum Gasteiger partial charge on any atom is -0.471 e. The lowest BCUT2D eigenvalue weighted by atomic mass is 10.2. The Labute approximate surface area is 173 Å². The van der Waals surface area contributed by atoms with Gasteiger partial charge in [-0.1, -0.05) is 18.2 Å². The average molecular weight is 439 g/mol. The molecule has 3 N–H and O–H groups in total. The van der Waals surface area contributed by atoms with E-state index in [1.54, 1.807) is 24.3 Å². The Balaban J connectivity index is 1.55. The Bertz CT molecular complexity index is 1070. The van der Waals surface area contributed by atoms with Crippen molar-refractivity contribution in [2.45, 2.75) is 25.3 Å². The van der Waals surface area contributed by atoms with Crippen LogP contribution in [0.2, 0.25) is 0 Å². The maximum Gasteiger partial charge on any atom is 0.340 e. The average Bonchev–Trinajstić information content (AvgIpc) is 3.17. The molecule has 2 heterocycles. The van der Waals surface area contributed by atoms with E-state index in [0.29, 0.717) is 10.9 Å². The third kappa shape index (κ3) is 5.27. The number of amides is 2. The first-order chi connectivity index (χ1) is 14.7. The van der Waals surface area contributed by atoms with Crippen LogP contribution < -0.4 is 15.4 Å². The van der Waals surface area contributed by atoms with Crippen LogP contribution in [0.25, 0.3) is 10.9 Å². The van der Waals surface area contributed by atoms with E-state index in [1.165, 1.54) is 13.0 Å². The maximum atomic E-state index is 12.9. The lowest BCUT2D eigenvalue weighted by molar-refractivity contribution is -0.148. The monoisotopic (exact) mass is 439 g/mol. The van der Waals surface area contributed by atoms with Gasteiger partial charge in [0, 0.05) is 11.5 Å². The Kier molecular flexibility index (Phi) is 6.37. The summed E-state index contributed by atoms with van der Waals surface area (Å²) >= 11 is 0. The molecule has 164 valence electrons. The summed E-state index contributed by atoms with van der Waals surface area (Å²) in [4.78, 5) is 28.4. The summed E-state index contributed by atoms with van der Waals surface area (Å²) < 4.78 is 54.5. The predicted molar refractivity (Wildman–Crippen MR) is 102 cm³/mol. The number of halogens is 4. The maximum absolute atomic E-state index is 12.9. The number of fused-ring (bicyclic) bond motifs is 1. The molecule has 3 rings (SSSR count). The van der Waals surface area contributed by atoms with Crippen molar-refractivity contribution in [3.63, 3.8) is 0 Å². The fraction of sp³-hybridized carbons (Fsp3) is 0.263. The number of anilines is 1. The lowest BCUT2D eigenvalue weighted by Gasteiger charge is -2.16. The molecule has 3 aromatic rings. The van der Waals surface area contributed by atoms with Crippen LogP contribution in [0, 0.1) is 0 Å². The van der Waals surface area contributed by atoms with Gasteiger partial charge in [-0.3, -0.25) is 14.7 Å². The first-order valence-corrected chi connectivity index (χ1v) is 8.97. The summed E-state index contributed by atoms with van der Waals surface area (Å²) in [5.41, 5.74) is 0.993. The van der Waals surface area contributed by atoms with Crippen LogP contribution in [0.1, 0.15) is 17.4 Å². The number of aromatic nitrogens is 3. The Hall–Kier alpha value is -3.70. The molecule has 1 aromatic carbocycles. The van der Waals surface area contributed by atoms with Gasteiger partial charge in [-0.15, -0.1) is 0 Å². The van der Waals surface area contributed by atoms with Gasteiger partial charge in [0.2, 0.25) is 11.8 Å². The van der Waals surface area contributed by atoms with Gasteiger partial charge < -0.3 is 15.4 Å². The summed E-state index contributed by atoms with van der Waals surface area (Å²) in [5.74, 6) is -5.75. The number of carbonyl (C=O) groups is 2. The molecule has 1 unspecified atom stereocenters. The second-order valence-electron chi connectivity index (χ2n) is 6.54. The molecule has 0 saturated carbocycles. The number of carbonyl (C=O) groups excluding carboxylic acids is 2. The number of hydrogen-bond acceptors (Lipinski definition) is 5. The zero-order valence-electron chi connectivity index (χ0n) is 16.0. The van der Waals surface area contributed by atoms with Gasteiger partial charge in [-0.2, -0.15) is 13.9 Å². The Morgan fingerprint density at radius 1 is 1.19 bits per heavy atom. The molecule has 2 aromatic heterocycles. The number of aromatic amines is 1. The third-order valence-electron chi connectivity index (χ3n) is 4.16. The molecule has 0 radical (unpaired) electrons. The van der Waals surface area contributed by atoms with Gasteiger partial charge >= 0.3 is 12.3 Å². The smallest absolute Gasteiger partial charge is 0.340 e. The fourth-order valence-corrected chi connectivity index (χ4v) is 2.49. The fourth-order valence-electron chi connectivity index (χ4n) is 2.49. The largest absolute Gasteiger partial charge is 0.471 e. The van der Waals surface area contributed by atoms with Crippen LogP contribution in [0.4, 0.5) is 23.2 Å². The van der Waals surface area contributed by atoms with Crippen molar-refractivity contribution in [1.29, 1.82) is 0 Å². The van der Waals surface area contributed by atoms with Crippen LogP contribution in [0.3, 0.4) is 0 Å². The van der Waals surface area contributed by atoms with Crippen molar-refractivity contribution in [2.75, 3.05) is 11.9 Å². The number of nitrogens with zero attached hydrogens (tertiary/aromatic N) is 2. The number of rotatable bonds is 8. The molecule has 0 spiro atoms. The first-order valence-electron chi connectivity index (χ1n) is 8.97. The molecule has 0 bridgehead atoms. The summed E-state index contributed by atoms with van der Waals surface area (Å²) in [7, 11) is 0. The van der Waals surface area contributed by atoms with E-state index in [2.05, 4.69) is 30.6 Å². The SMILES string of the molecule is CC(NC(=O)c1n[nH]c2ccccc12)C(=O)Nc1ccc(OCC(F)(F)C(F)F)nc1. The van der Waals surface area contributed by atoms with Gasteiger partial charge in [0.25, 0.3) is 5.91 Å². The molecule has 31 heavy (non-hydrogen) atoms. The van der Waals surface area contributed by atoms with Gasteiger partial charge in [0.05, 0.1) is 17.4 Å².